The maximum atomic E-state index is 13.0. The average molecular weight is 423 g/mol. The normalized spacial score (nSPS) is 27.0. The Balaban J connectivity index is 1.17. The van der Waals surface area contributed by atoms with Crippen LogP contribution < -0.4 is 0 Å². The standard InChI is InChI=1S/C22H24N5O2S/c28-22(25-10-12-30-15-25)17-13-18-3-2-11-27(18,14-17)26-8-5-16(6-9-26)21-24-20-19(29-21)4-1-7-23-20/h1-4,7,11,13,16H,5-6,8-10,12,14-15H2/q+1/t27-/m1/s1. The molecule has 2 fully saturated rings. The molecule has 8 heteroatoms. The van der Waals surface area contributed by atoms with Crippen LogP contribution in [0.2, 0.25) is 0 Å². The fraction of sp³-hybridized carbons (Fsp3) is 0.409. The molecule has 1 atom stereocenters. The minimum absolute atomic E-state index is 0.204. The molecule has 1 amide bonds. The van der Waals surface area contributed by atoms with Crippen LogP contribution in [0.25, 0.3) is 11.2 Å². The molecule has 0 saturated carbocycles. The van der Waals surface area contributed by atoms with Crippen molar-refractivity contribution in [2.45, 2.75) is 18.8 Å². The Morgan fingerprint density at radius 2 is 2.17 bits per heavy atom. The maximum absolute atomic E-state index is 13.0. The molecule has 7 nitrogen and oxygen atoms in total. The van der Waals surface area contributed by atoms with E-state index in [1.807, 2.05) is 28.8 Å². The molecule has 4 aliphatic heterocycles. The van der Waals surface area contributed by atoms with Crippen molar-refractivity contribution in [3.05, 3.63) is 59.9 Å². The first-order chi connectivity index (χ1) is 14.7. The molecule has 6 rings (SSSR count). The first kappa shape index (κ1) is 18.4. The highest BCUT2D eigenvalue weighted by Gasteiger charge is 2.48. The first-order valence-corrected chi connectivity index (χ1v) is 11.7. The number of allylic oxidation sites excluding steroid dienone is 3. The van der Waals surface area contributed by atoms with E-state index >= 15 is 0 Å². The number of rotatable bonds is 3. The lowest BCUT2D eigenvalue weighted by Gasteiger charge is -2.42. The molecule has 2 aromatic heterocycles. The van der Waals surface area contributed by atoms with Gasteiger partial charge in [-0.2, -0.15) is 9.58 Å². The summed E-state index contributed by atoms with van der Waals surface area (Å²) >= 11 is 1.83. The number of thioether (sulfide) groups is 1. The lowest BCUT2D eigenvalue weighted by molar-refractivity contribution is -0.949. The number of hydrogen-bond acceptors (Lipinski definition) is 6. The number of oxazole rings is 1. The van der Waals surface area contributed by atoms with Gasteiger partial charge in [-0.1, -0.05) is 0 Å². The van der Waals surface area contributed by atoms with E-state index in [9.17, 15) is 4.79 Å². The van der Waals surface area contributed by atoms with Crippen molar-refractivity contribution in [3.8, 4) is 0 Å². The molecule has 30 heavy (non-hydrogen) atoms. The molecule has 0 spiro atoms. The number of piperidine rings is 1. The topological polar surface area (TPSA) is 62.5 Å². The van der Waals surface area contributed by atoms with Gasteiger partial charge in [-0.15, -0.1) is 16.8 Å². The third-order valence-corrected chi connectivity index (χ3v) is 7.57. The Morgan fingerprint density at radius 3 is 2.97 bits per heavy atom. The lowest BCUT2D eigenvalue weighted by atomic mass is 9.97. The van der Waals surface area contributed by atoms with Gasteiger partial charge in [0.2, 0.25) is 0 Å². The number of nitrogens with zero attached hydrogens (tertiary/aromatic N) is 5. The Bertz CT molecular complexity index is 1060. The largest absolute Gasteiger partial charge is 0.439 e. The molecule has 2 saturated heterocycles. The van der Waals surface area contributed by atoms with Gasteiger partial charge in [-0.05, 0) is 31.1 Å². The van der Waals surface area contributed by atoms with E-state index in [1.54, 1.807) is 6.20 Å². The summed E-state index contributed by atoms with van der Waals surface area (Å²) in [4.78, 5) is 23.9. The third kappa shape index (κ3) is 2.85. The van der Waals surface area contributed by atoms with E-state index in [4.69, 9.17) is 4.42 Å². The van der Waals surface area contributed by atoms with E-state index < -0.39 is 0 Å². The molecule has 0 bridgehead atoms. The second kappa shape index (κ2) is 7.08. The summed E-state index contributed by atoms with van der Waals surface area (Å²) in [6, 6.07) is 3.80. The van der Waals surface area contributed by atoms with E-state index in [0.717, 1.165) is 67.7 Å². The predicted octanol–water partition coefficient (Wildman–Crippen LogP) is 3.02. The number of pyridine rings is 1. The minimum Gasteiger partial charge on any atom is -0.439 e. The molecule has 154 valence electrons. The Labute approximate surface area is 179 Å². The second-order valence-electron chi connectivity index (χ2n) is 8.30. The smallest absolute Gasteiger partial charge is 0.256 e. The van der Waals surface area contributed by atoms with Crippen LogP contribution >= 0.6 is 11.8 Å². The second-order valence-corrected chi connectivity index (χ2v) is 9.37. The van der Waals surface area contributed by atoms with E-state index in [-0.39, 0.29) is 5.91 Å². The van der Waals surface area contributed by atoms with Gasteiger partial charge in [0.1, 0.15) is 12.7 Å². The molecule has 0 unspecified atom stereocenters. The zero-order valence-corrected chi connectivity index (χ0v) is 17.6. The molecule has 2 aromatic rings. The number of aromatic nitrogens is 2. The van der Waals surface area contributed by atoms with Crippen molar-refractivity contribution in [2.75, 3.05) is 37.8 Å². The van der Waals surface area contributed by atoms with Gasteiger partial charge >= 0.3 is 0 Å². The SMILES string of the molecule is O=C(C1=CC2=CC=C[N@@+]2(N2CCC(c3nc4ncccc4o3)CC2)C1)N1CCSC1. The fourth-order valence-electron chi connectivity index (χ4n) is 4.98. The van der Waals surface area contributed by atoms with Crippen LogP contribution in [0.1, 0.15) is 24.7 Å². The van der Waals surface area contributed by atoms with Gasteiger partial charge in [-0.3, -0.25) is 4.79 Å². The van der Waals surface area contributed by atoms with Gasteiger partial charge in [0.15, 0.2) is 22.8 Å². The Kier molecular flexibility index (Phi) is 4.33. The van der Waals surface area contributed by atoms with Gasteiger partial charge < -0.3 is 9.32 Å². The first-order valence-electron chi connectivity index (χ1n) is 10.6. The number of carbonyl (C=O) groups is 1. The number of carbonyl (C=O) groups excluding carboxylic acids is 1. The fourth-order valence-corrected chi connectivity index (χ4v) is 5.93. The highest BCUT2D eigenvalue weighted by molar-refractivity contribution is 7.99. The van der Waals surface area contributed by atoms with Crippen LogP contribution in [-0.2, 0) is 4.79 Å². The summed E-state index contributed by atoms with van der Waals surface area (Å²) in [5, 5.41) is 2.49. The van der Waals surface area contributed by atoms with E-state index in [2.05, 4.69) is 39.4 Å². The number of amides is 1. The van der Waals surface area contributed by atoms with Gasteiger partial charge in [0.25, 0.3) is 5.91 Å². The van der Waals surface area contributed by atoms with Crippen LogP contribution in [0, 0.1) is 0 Å². The molecular weight excluding hydrogens is 398 g/mol. The molecular formula is C22H24N5O2S+. The highest BCUT2D eigenvalue weighted by Crippen LogP contribution is 2.40. The summed E-state index contributed by atoms with van der Waals surface area (Å²) in [5.74, 6) is 3.18. The highest BCUT2D eigenvalue weighted by atomic mass is 32.2. The summed E-state index contributed by atoms with van der Waals surface area (Å²) < 4.78 is 6.63. The van der Waals surface area contributed by atoms with E-state index in [1.165, 1.54) is 5.70 Å². The zero-order valence-electron chi connectivity index (χ0n) is 16.7. The Hall–Kier alpha value is -2.42. The summed E-state index contributed by atoms with van der Waals surface area (Å²) in [6.45, 7) is 3.46. The van der Waals surface area contributed by atoms with Crippen LogP contribution in [0.4, 0.5) is 0 Å². The van der Waals surface area contributed by atoms with Gasteiger partial charge in [-0.25, -0.2) is 4.98 Å². The van der Waals surface area contributed by atoms with Gasteiger partial charge in [0, 0.05) is 49.7 Å². The summed E-state index contributed by atoms with van der Waals surface area (Å²) in [6.07, 6.45) is 12.3. The van der Waals surface area contributed by atoms with Crippen LogP contribution in [0.15, 0.2) is 58.4 Å². The van der Waals surface area contributed by atoms with Crippen molar-refractivity contribution >= 4 is 28.9 Å². The lowest BCUT2D eigenvalue weighted by Crippen LogP contribution is -2.56. The van der Waals surface area contributed by atoms with Crippen LogP contribution in [0.5, 0.6) is 0 Å². The molecule has 0 aromatic carbocycles. The molecule has 6 heterocycles. The van der Waals surface area contributed by atoms with Crippen molar-refractivity contribution in [1.29, 1.82) is 0 Å². The monoisotopic (exact) mass is 422 g/mol. The van der Waals surface area contributed by atoms with Gasteiger partial charge in [0.05, 0.1) is 11.4 Å². The summed E-state index contributed by atoms with van der Waals surface area (Å²) in [7, 11) is 0. The average Bonchev–Trinajstić information content (AvgIpc) is 3.56. The molecule has 0 aliphatic carbocycles. The zero-order chi connectivity index (χ0) is 20.1. The van der Waals surface area contributed by atoms with Crippen molar-refractivity contribution < 1.29 is 13.8 Å². The predicted molar refractivity (Wildman–Crippen MR) is 115 cm³/mol. The molecule has 4 aliphatic rings. The maximum Gasteiger partial charge on any atom is 0.256 e. The molecule has 0 N–H and O–H groups in total. The van der Waals surface area contributed by atoms with Crippen molar-refractivity contribution in [2.24, 2.45) is 0 Å². The van der Waals surface area contributed by atoms with Crippen LogP contribution in [0.3, 0.4) is 0 Å². The molecule has 0 radical (unpaired) electrons. The summed E-state index contributed by atoms with van der Waals surface area (Å²) in [5.41, 5.74) is 3.59. The quantitative estimate of drug-likeness (QED) is 0.709. The van der Waals surface area contributed by atoms with E-state index in [0.29, 0.717) is 16.2 Å². The minimum atomic E-state index is 0.204. The number of quaternary nitrogens is 1. The van der Waals surface area contributed by atoms with Crippen molar-refractivity contribution in [3.63, 3.8) is 0 Å². The van der Waals surface area contributed by atoms with Crippen molar-refractivity contribution in [1.82, 2.24) is 19.9 Å². The number of fused-ring (bicyclic) bond motifs is 2. The van der Waals surface area contributed by atoms with Crippen LogP contribution in [-0.4, -0.2) is 68.2 Å². The Morgan fingerprint density at radius 1 is 1.27 bits per heavy atom. The number of hydrogen-bond donors (Lipinski definition) is 0. The third-order valence-electron chi connectivity index (χ3n) is 6.60.